The number of rotatable bonds is 2. The molecule has 2 heterocycles. The van der Waals surface area contributed by atoms with Crippen molar-refractivity contribution in [3.8, 4) is 0 Å². The number of esters is 1. The van der Waals surface area contributed by atoms with Gasteiger partial charge >= 0.3 is 5.97 Å². The minimum atomic E-state index is -0.506. The zero-order valence-electron chi connectivity index (χ0n) is 10.5. The van der Waals surface area contributed by atoms with Crippen molar-refractivity contribution in [3.63, 3.8) is 0 Å². The second-order valence-corrected chi connectivity index (χ2v) is 5.01. The number of aromatic nitrogens is 1. The molecule has 1 aromatic carbocycles. The first kappa shape index (κ1) is 12.9. The Morgan fingerprint density at radius 3 is 2.95 bits per heavy atom. The Bertz CT molecular complexity index is 878. The molecule has 20 heavy (non-hydrogen) atoms. The van der Waals surface area contributed by atoms with E-state index in [9.17, 15) is 9.59 Å². The molecular weight excluding hydrogens is 326 g/mol. The number of furan rings is 1. The van der Waals surface area contributed by atoms with E-state index < -0.39 is 5.97 Å². The number of benzene rings is 1. The lowest BCUT2D eigenvalue weighted by molar-refractivity contribution is 0.0492. The van der Waals surface area contributed by atoms with Crippen LogP contribution in [0.3, 0.4) is 0 Å². The molecule has 0 saturated heterocycles. The molecular formula is C14H10BrNO4. The molecule has 0 spiro atoms. The maximum Gasteiger partial charge on any atom is 0.374 e. The Hall–Kier alpha value is -2.08. The highest BCUT2D eigenvalue weighted by Crippen LogP contribution is 2.33. The molecule has 5 nitrogen and oxygen atoms in total. The number of nitrogens with one attached hydrogen (secondary N) is 1. The number of H-pyrrole nitrogens is 1. The molecule has 0 fully saturated rings. The number of hydrogen-bond donors (Lipinski definition) is 1. The van der Waals surface area contributed by atoms with E-state index >= 15 is 0 Å². The largest absolute Gasteiger partial charge is 0.460 e. The Kier molecular flexibility index (Phi) is 3.10. The number of ether oxygens (including phenoxy) is 1. The second kappa shape index (κ2) is 4.79. The van der Waals surface area contributed by atoms with E-state index in [0.717, 1.165) is 5.39 Å². The molecule has 6 heteroatoms. The Labute approximate surface area is 121 Å². The molecule has 3 rings (SSSR count). The van der Waals surface area contributed by atoms with Gasteiger partial charge in [0.15, 0.2) is 0 Å². The lowest BCUT2D eigenvalue weighted by atomic mass is 10.1. The van der Waals surface area contributed by atoms with E-state index in [0.29, 0.717) is 21.0 Å². The summed E-state index contributed by atoms with van der Waals surface area (Å²) < 4.78 is 11.1. The summed E-state index contributed by atoms with van der Waals surface area (Å²) in [5.74, 6) is -0.367. The van der Waals surface area contributed by atoms with Gasteiger partial charge in [0.1, 0.15) is 5.58 Å². The summed E-state index contributed by atoms with van der Waals surface area (Å²) in [4.78, 5) is 25.8. The van der Waals surface area contributed by atoms with Gasteiger partial charge in [-0.2, -0.15) is 0 Å². The third-order valence-electron chi connectivity index (χ3n) is 2.93. The normalized spacial score (nSPS) is 11.1. The van der Waals surface area contributed by atoms with Gasteiger partial charge < -0.3 is 14.1 Å². The highest BCUT2D eigenvalue weighted by molar-refractivity contribution is 9.10. The monoisotopic (exact) mass is 335 g/mol. The Morgan fingerprint density at radius 2 is 2.20 bits per heavy atom. The van der Waals surface area contributed by atoms with Crippen molar-refractivity contribution in [2.75, 3.05) is 6.61 Å². The molecule has 0 unspecified atom stereocenters. The average molecular weight is 336 g/mol. The van der Waals surface area contributed by atoms with E-state index in [4.69, 9.17) is 9.15 Å². The fourth-order valence-corrected chi connectivity index (χ4v) is 2.69. The minimum absolute atomic E-state index is 0.139. The van der Waals surface area contributed by atoms with Gasteiger partial charge in [-0.05, 0) is 35.0 Å². The van der Waals surface area contributed by atoms with Crippen LogP contribution in [0.5, 0.6) is 0 Å². The topological polar surface area (TPSA) is 72.3 Å². The predicted octanol–water partition coefficient (Wildman–Crippen LogP) is 3.21. The lowest BCUT2D eigenvalue weighted by Crippen LogP contribution is -2.02. The first-order valence-electron chi connectivity index (χ1n) is 6.02. The quantitative estimate of drug-likeness (QED) is 0.730. The van der Waals surface area contributed by atoms with Crippen molar-refractivity contribution in [2.24, 2.45) is 0 Å². The van der Waals surface area contributed by atoms with Gasteiger partial charge in [-0.15, -0.1) is 0 Å². The molecule has 0 saturated carbocycles. The number of halogens is 1. The summed E-state index contributed by atoms with van der Waals surface area (Å²) >= 11 is 3.44. The molecule has 0 aliphatic heterocycles. The molecule has 0 amide bonds. The molecule has 2 aromatic heterocycles. The van der Waals surface area contributed by atoms with E-state index in [1.54, 1.807) is 25.1 Å². The van der Waals surface area contributed by atoms with Crippen LogP contribution in [-0.4, -0.2) is 17.6 Å². The van der Waals surface area contributed by atoms with Crippen LogP contribution in [-0.2, 0) is 4.74 Å². The maximum atomic E-state index is 11.7. The second-order valence-electron chi connectivity index (χ2n) is 4.22. The van der Waals surface area contributed by atoms with E-state index in [1.165, 1.54) is 6.07 Å². The first-order chi connectivity index (χ1) is 9.60. The third-order valence-corrected chi connectivity index (χ3v) is 3.75. The summed E-state index contributed by atoms with van der Waals surface area (Å²) in [6.45, 7) is 2.02. The zero-order chi connectivity index (χ0) is 14.3. The zero-order valence-corrected chi connectivity index (χ0v) is 12.1. The van der Waals surface area contributed by atoms with Crippen LogP contribution in [0.1, 0.15) is 17.5 Å². The number of carbonyl (C=O) groups excluding carboxylic acids is 1. The molecule has 0 atom stereocenters. The lowest BCUT2D eigenvalue weighted by Gasteiger charge is -2.00. The number of carbonyl (C=O) groups is 1. The van der Waals surface area contributed by atoms with Crippen molar-refractivity contribution in [1.82, 2.24) is 4.98 Å². The van der Waals surface area contributed by atoms with Gasteiger partial charge in [-0.1, -0.05) is 0 Å². The van der Waals surface area contributed by atoms with Crippen LogP contribution in [0.2, 0.25) is 0 Å². The summed E-state index contributed by atoms with van der Waals surface area (Å²) in [5.41, 5.74) is 1.03. The van der Waals surface area contributed by atoms with Crippen molar-refractivity contribution < 1.29 is 13.9 Å². The fourth-order valence-electron chi connectivity index (χ4n) is 2.05. The van der Waals surface area contributed by atoms with Gasteiger partial charge in [0.25, 0.3) is 0 Å². The molecule has 3 aromatic rings. The van der Waals surface area contributed by atoms with Gasteiger partial charge in [0.05, 0.1) is 16.6 Å². The highest BCUT2D eigenvalue weighted by atomic mass is 79.9. The summed E-state index contributed by atoms with van der Waals surface area (Å²) in [6, 6.07) is 6.51. The average Bonchev–Trinajstić information content (AvgIpc) is 2.84. The van der Waals surface area contributed by atoms with E-state index in [-0.39, 0.29) is 17.9 Å². The van der Waals surface area contributed by atoms with Crippen molar-refractivity contribution in [1.29, 1.82) is 0 Å². The number of fused-ring (bicyclic) bond motifs is 2. The number of hydrogen-bond acceptors (Lipinski definition) is 4. The summed E-state index contributed by atoms with van der Waals surface area (Å²) in [7, 11) is 0. The van der Waals surface area contributed by atoms with E-state index in [1.807, 2.05) is 0 Å². The SMILES string of the molecule is CCOC(=O)c1cc2c(Br)c3[nH]c(=O)ccc3cc2o1. The minimum Gasteiger partial charge on any atom is -0.460 e. The van der Waals surface area contributed by atoms with Gasteiger partial charge in [-0.3, -0.25) is 4.79 Å². The summed E-state index contributed by atoms with van der Waals surface area (Å²) in [6.07, 6.45) is 0. The van der Waals surface area contributed by atoms with Gasteiger partial charge in [0, 0.05) is 22.9 Å². The number of pyridine rings is 1. The van der Waals surface area contributed by atoms with Crippen molar-refractivity contribution >= 4 is 43.8 Å². The third kappa shape index (κ3) is 2.02. The van der Waals surface area contributed by atoms with E-state index in [2.05, 4.69) is 20.9 Å². The molecule has 0 aliphatic carbocycles. The van der Waals surface area contributed by atoms with Crippen LogP contribution in [0, 0.1) is 0 Å². The first-order valence-corrected chi connectivity index (χ1v) is 6.81. The molecule has 0 aliphatic rings. The standard InChI is InChI=1S/C14H10BrNO4/c1-2-19-14(18)10-6-8-9(20-10)5-7-3-4-11(17)16-13(7)12(8)15/h3-6H,2H2,1H3,(H,16,17). The van der Waals surface area contributed by atoms with Gasteiger partial charge in [0.2, 0.25) is 11.3 Å². The summed E-state index contributed by atoms with van der Waals surface area (Å²) in [5, 5.41) is 1.52. The van der Waals surface area contributed by atoms with Crippen molar-refractivity contribution in [2.45, 2.75) is 6.92 Å². The highest BCUT2D eigenvalue weighted by Gasteiger charge is 2.16. The maximum absolute atomic E-state index is 11.7. The number of aromatic amines is 1. The van der Waals surface area contributed by atoms with Crippen LogP contribution < -0.4 is 5.56 Å². The smallest absolute Gasteiger partial charge is 0.374 e. The predicted molar refractivity (Wildman–Crippen MR) is 78.0 cm³/mol. The Balaban J connectivity index is 2.28. The Morgan fingerprint density at radius 1 is 1.40 bits per heavy atom. The van der Waals surface area contributed by atoms with Crippen LogP contribution in [0.25, 0.3) is 21.9 Å². The van der Waals surface area contributed by atoms with Crippen molar-refractivity contribution in [3.05, 3.63) is 44.9 Å². The van der Waals surface area contributed by atoms with Crippen LogP contribution >= 0.6 is 15.9 Å². The fraction of sp³-hybridized carbons (Fsp3) is 0.143. The van der Waals surface area contributed by atoms with Crippen LogP contribution in [0.15, 0.2) is 37.9 Å². The van der Waals surface area contributed by atoms with Crippen LogP contribution in [0.4, 0.5) is 0 Å². The molecule has 102 valence electrons. The molecule has 0 bridgehead atoms. The van der Waals surface area contributed by atoms with Gasteiger partial charge in [-0.25, -0.2) is 4.79 Å². The molecule has 0 radical (unpaired) electrons. The molecule has 1 N–H and O–H groups in total.